The third-order valence-electron chi connectivity index (χ3n) is 3.57. The average Bonchev–Trinajstić information content (AvgIpc) is 2.52. The van der Waals surface area contributed by atoms with Gasteiger partial charge < -0.3 is 10.1 Å². The van der Waals surface area contributed by atoms with Crippen molar-refractivity contribution in [3.05, 3.63) is 28.8 Å². The van der Waals surface area contributed by atoms with Crippen molar-refractivity contribution in [3.8, 4) is 0 Å². The summed E-state index contributed by atoms with van der Waals surface area (Å²) in [5.74, 6) is -1.25. The van der Waals surface area contributed by atoms with Crippen LogP contribution in [0.5, 0.6) is 0 Å². The van der Waals surface area contributed by atoms with Crippen molar-refractivity contribution in [2.75, 3.05) is 12.9 Å². The van der Waals surface area contributed by atoms with Gasteiger partial charge in [0.25, 0.3) is 5.91 Å². The quantitative estimate of drug-likeness (QED) is 0.518. The van der Waals surface area contributed by atoms with E-state index in [1.165, 1.54) is 12.1 Å². The van der Waals surface area contributed by atoms with E-state index in [4.69, 9.17) is 16.3 Å². The van der Waals surface area contributed by atoms with Crippen LogP contribution in [0.2, 0.25) is 5.02 Å². The number of ether oxygens (including phenoxy) is 1. The van der Waals surface area contributed by atoms with Gasteiger partial charge in [0.05, 0.1) is 15.5 Å². The van der Waals surface area contributed by atoms with E-state index in [9.17, 15) is 18.0 Å². The van der Waals surface area contributed by atoms with Crippen molar-refractivity contribution in [3.63, 3.8) is 0 Å². The first-order valence-electron chi connectivity index (χ1n) is 8.11. The Morgan fingerprint density at radius 1 is 1.28 bits per heavy atom. The number of nitrogens with one attached hydrogen (secondary N) is 1. The van der Waals surface area contributed by atoms with Crippen LogP contribution >= 0.6 is 11.6 Å². The van der Waals surface area contributed by atoms with E-state index in [0.717, 1.165) is 38.0 Å². The number of unbranched alkanes of at least 4 members (excludes halogenated alkanes) is 2. The zero-order valence-corrected chi connectivity index (χ0v) is 16.2. The maximum atomic E-state index is 12.1. The molecule has 1 aromatic rings. The SMILES string of the molecule is CCCCC[C@@H](C)NC(=O)COC(=O)c1cc(S(C)(=O)=O)ccc1Cl. The predicted octanol–water partition coefficient (Wildman–Crippen LogP) is 2.99. The maximum absolute atomic E-state index is 12.1. The summed E-state index contributed by atoms with van der Waals surface area (Å²) < 4.78 is 28.0. The summed E-state index contributed by atoms with van der Waals surface area (Å²) in [5.41, 5.74) is -0.0895. The summed E-state index contributed by atoms with van der Waals surface area (Å²) in [6, 6.07) is 3.75. The highest BCUT2D eigenvalue weighted by molar-refractivity contribution is 7.90. The van der Waals surface area contributed by atoms with Crippen molar-refractivity contribution in [1.29, 1.82) is 0 Å². The van der Waals surface area contributed by atoms with Gasteiger partial charge in [-0.2, -0.15) is 0 Å². The molecule has 6 nitrogen and oxygen atoms in total. The lowest BCUT2D eigenvalue weighted by atomic mass is 10.1. The summed E-state index contributed by atoms with van der Waals surface area (Å²) >= 11 is 5.92. The van der Waals surface area contributed by atoms with E-state index < -0.39 is 28.3 Å². The zero-order valence-electron chi connectivity index (χ0n) is 14.7. The molecule has 0 radical (unpaired) electrons. The Balaban J connectivity index is 2.61. The molecule has 0 aliphatic rings. The number of sulfone groups is 1. The second kappa shape index (κ2) is 9.77. The Bertz CT molecular complexity index is 718. The number of esters is 1. The highest BCUT2D eigenvalue weighted by atomic mass is 35.5. The van der Waals surface area contributed by atoms with Gasteiger partial charge in [-0.1, -0.05) is 37.8 Å². The van der Waals surface area contributed by atoms with Crippen LogP contribution < -0.4 is 5.32 Å². The Kier molecular flexibility index (Phi) is 8.38. The highest BCUT2D eigenvalue weighted by Crippen LogP contribution is 2.21. The van der Waals surface area contributed by atoms with Gasteiger partial charge in [-0.15, -0.1) is 0 Å². The first-order valence-corrected chi connectivity index (χ1v) is 10.4. The lowest BCUT2D eigenvalue weighted by molar-refractivity contribution is -0.124. The van der Waals surface area contributed by atoms with Gasteiger partial charge in [-0.05, 0) is 31.5 Å². The van der Waals surface area contributed by atoms with Gasteiger partial charge in [0, 0.05) is 12.3 Å². The fourth-order valence-corrected chi connectivity index (χ4v) is 3.03. The molecule has 0 saturated carbocycles. The predicted molar refractivity (Wildman–Crippen MR) is 96.6 cm³/mol. The first-order chi connectivity index (χ1) is 11.6. The molecule has 1 N–H and O–H groups in total. The van der Waals surface area contributed by atoms with Gasteiger partial charge in [-0.25, -0.2) is 13.2 Å². The Labute approximate surface area is 153 Å². The summed E-state index contributed by atoms with van der Waals surface area (Å²) in [6.07, 6.45) is 5.11. The number of amides is 1. The van der Waals surface area contributed by atoms with Gasteiger partial charge in [0.1, 0.15) is 0 Å². The minimum absolute atomic E-state index is 0.00472. The topological polar surface area (TPSA) is 89.5 Å². The van der Waals surface area contributed by atoms with Crippen LogP contribution in [0.25, 0.3) is 0 Å². The molecule has 0 aromatic heterocycles. The highest BCUT2D eigenvalue weighted by Gasteiger charge is 2.18. The number of hydrogen-bond acceptors (Lipinski definition) is 5. The van der Waals surface area contributed by atoms with Gasteiger partial charge >= 0.3 is 5.97 Å². The summed E-state index contributed by atoms with van der Waals surface area (Å²) in [7, 11) is -3.48. The second-order valence-corrected chi connectivity index (χ2v) is 8.38. The fourth-order valence-electron chi connectivity index (χ4n) is 2.19. The molecule has 1 amide bonds. The number of benzene rings is 1. The minimum atomic E-state index is -3.48. The summed E-state index contributed by atoms with van der Waals surface area (Å²) in [4.78, 5) is 23.8. The molecule has 0 aliphatic carbocycles. The number of halogens is 1. The molecular formula is C17H24ClNO5S. The molecule has 1 rings (SSSR count). The standard InChI is InChI=1S/C17H24ClNO5S/c1-4-5-6-7-12(2)19-16(20)11-24-17(21)14-10-13(25(3,22)23)8-9-15(14)18/h8-10,12H,4-7,11H2,1-3H3,(H,19,20)/t12-/m1/s1. The molecule has 140 valence electrons. The molecule has 0 saturated heterocycles. The normalized spacial score (nSPS) is 12.5. The maximum Gasteiger partial charge on any atom is 0.340 e. The molecule has 1 atom stereocenters. The summed E-state index contributed by atoms with van der Waals surface area (Å²) in [6.45, 7) is 3.55. The molecular weight excluding hydrogens is 366 g/mol. The van der Waals surface area contributed by atoms with Crippen molar-refractivity contribution in [2.24, 2.45) is 0 Å². The van der Waals surface area contributed by atoms with Crippen LogP contribution in [-0.4, -0.2) is 39.2 Å². The van der Waals surface area contributed by atoms with Crippen LogP contribution in [0.15, 0.2) is 23.1 Å². The Morgan fingerprint density at radius 3 is 2.56 bits per heavy atom. The first kappa shape index (κ1) is 21.4. The molecule has 0 unspecified atom stereocenters. The van der Waals surface area contributed by atoms with Crippen molar-refractivity contribution in [1.82, 2.24) is 5.32 Å². The molecule has 8 heteroatoms. The van der Waals surface area contributed by atoms with Crippen LogP contribution in [0, 0.1) is 0 Å². The number of hydrogen-bond donors (Lipinski definition) is 1. The number of carbonyl (C=O) groups excluding carboxylic acids is 2. The second-order valence-electron chi connectivity index (χ2n) is 5.95. The lowest BCUT2D eigenvalue weighted by Gasteiger charge is -2.14. The van der Waals surface area contributed by atoms with Crippen LogP contribution in [0.4, 0.5) is 0 Å². The van der Waals surface area contributed by atoms with Gasteiger partial charge in [0.15, 0.2) is 16.4 Å². The van der Waals surface area contributed by atoms with E-state index in [1.807, 2.05) is 6.92 Å². The van der Waals surface area contributed by atoms with Crippen LogP contribution in [0.3, 0.4) is 0 Å². The van der Waals surface area contributed by atoms with E-state index in [2.05, 4.69) is 12.2 Å². The van der Waals surface area contributed by atoms with Crippen LogP contribution in [0.1, 0.15) is 49.9 Å². The monoisotopic (exact) mass is 389 g/mol. The van der Waals surface area contributed by atoms with Crippen molar-refractivity contribution < 1.29 is 22.7 Å². The Morgan fingerprint density at radius 2 is 1.96 bits per heavy atom. The van der Waals surface area contributed by atoms with Gasteiger partial charge in [0.2, 0.25) is 0 Å². The van der Waals surface area contributed by atoms with E-state index in [-0.39, 0.29) is 21.5 Å². The lowest BCUT2D eigenvalue weighted by Crippen LogP contribution is -2.35. The third kappa shape index (κ3) is 7.44. The number of carbonyl (C=O) groups is 2. The fraction of sp³-hybridized carbons (Fsp3) is 0.529. The summed E-state index contributed by atoms with van der Waals surface area (Å²) in [5, 5.41) is 2.81. The average molecular weight is 390 g/mol. The molecule has 0 heterocycles. The van der Waals surface area contributed by atoms with Gasteiger partial charge in [-0.3, -0.25) is 4.79 Å². The minimum Gasteiger partial charge on any atom is -0.452 e. The van der Waals surface area contributed by atoms with Crippen molar-refractivity contribution in [2.45, 2.75) is 50.5 Å². The van der Waals surface area contributed by atoms with Crippen LogP contribution in [-0.2, 0) is 19.4 Å². The molecule has 0 bridgehead atoms. The van der Waals surface area contributed by atoms with E-state index in [1.54, 1.807) is 0 Å². The number of rotatable bonds is 9. The van der Waals surface area contributed by atoms with E-state index in [0.29, 0.717) is 0 Å². The molecule has 1 aromatic carbocycles. The third-order valence-corrected chi connectivity index (χ3v) is 5.01. The smallest absolute Gasteiger partial charge is 0.340 e. The van der Waals surface area contributed by atoms with E-state index >= 15 is 0 Å². The largest absolute Gasteiger partial charge is 0.452 e. The van der Waals surface area contributed by atoms with Crippen molar-refractivity contribution >= 4 is 33.3 Å². The zero-order chi connectivity index (χ0) is 19.0. The Hall–Kier alpha value is -1.60. The molecule has 0 fully saturated rings. The molecule has 25 heavy (non-hydrogen) atoms. The molecule has 0 aliphatic heterocycles. The molecule has 0 spiro atoms.